The van der Waals surface area contributed by atoms with Gasteiger partial charge in [0.2, 0.25) is 17.7 Å². The van der Waals surface area contributed by atoms with Crippen LogP contribution in [0.25, 0.3) is 0 Å². The third-order valence-electron chi connectivity index (χ3n) is 2.94. The van der Waals surface area contributed by atoms with Crippen molar-refractivity contribution in [3.8, 4) is 0 Å². The van der Waals surface area contributed by atoms with Gasteiger partial charge in [0.15, 0.2) is 0 Å². The highest BCUT2D eigenvalue weighted by Crippen LogP contribution is 2.16. The summed E-state index contributed by atoms with van der Waals surface area (Å²) in [6, 6.07) is -2.45. The summed E-state index contributed by atoms with van der Waals surface area (Å²) in [5.41, 5.74) is 9.94. The monoisotopic (exact) mass is 360 g/mol. The summed E-state index contributed by atoms with van der Waals surface area (Å²) in [7, 11) is 0. The zero-order valence-corrected chi connectivity index (χ0v) is 15.1. The SMILES string of the molecule is C[C@H](N)C(=O)N(C(=O)OC(C)(C)C)[C@H](CCC(=O)NCCO)C(N)=O. The Labute approximate surface area is 146 Å². The van der Waals surface area contributed by atoms with E-state index in [1.54, 1.807) is 20.8 Å². The number of amides is 4. The van der Waals surface area contributed by atoms with Gasteiger partial charge < -0.3 is 26.6 Å². The van der Waals surface area contributed by atoms with Crippen molar-refractivity contribution in [2.45, 2.75) is 58.2 Å². The highest BCUT2D eigenvalue weighted by molar-refractivity contribution is 5.99. The van der Waals surface area contributed by atoms with Crippen molar-refractivity contribution in [1.82, 2.24) is 10.2 Å². The Morgan fingerprint density at radius 3 is 2.20 bits per heavy atom. The number of rotatable bonds is 8. The Kier molecular flexibility index (Phi) is 9.07. The third kappa shape index (κ3) is 8.45. The molecule has 0 aliphatic heterocycles. The predicted octanol–water partition coefficient (Wildman–Crippen LogP) is -1.16. The molecule has 0 aliphatic carbocycles. The molecule has 0 spiro atoms. The summed E-state index contributed by atoms with van der Waals surface area (Å²) in [5.74, 6) is -2.26. The van der Waals surface area contributed by atoms with Crippen LogP contribution in [-0.4, -0.2) is 64.7 Å². The van der Waals surface area contributed by atoms with Gasteiger partial charge in [0.05, 0.1) is 12.6 Å². The van der Waals surface area contributed by atoms with E-state index < -0.39 is 41.5 Å². The van der Waals surface area contributed by atoms with Crippen LogP contribution in [0.15, 0.2) is 0 Å². The molecule has 0 radical (unpaired) electrons. The van der Waals surface area contributed by atoms with Crippen molar-refractivity contribution >= 4 is 23.8 Å². The molecule has 0 bridgehead atoms. The van der Waals surface area contributed by atoms with E-state index >= 15 is 0 Å². The molecule has 0 aromatic rings. The lowest BCUT2D eigenvalue weighted by Crippen LogP contribution is -2.56. The van der Waals surface area contributed by atoms with Crippen LogP contribution in [-0.2, 0) is 19.1 Å². The lowest BCUT2D eigenvalue weighted by molar-refractivity contribution is -0.139. The Bertz CT molecular complexity index is 501. The van der Waals surface area contributed by atoms with Crippen molar-refractivity contribution in [1.29, 1.82) is 0 Å². The highest BCUT2D eigenvalue weighted by Gasteiger charge is 2.37. The molecular formula is C15H28N4O6. The van der Waals surface area contributed by atoms with E-state index in [-0.39, 0.29) is 26.0 Å². The molecule has 0 aliphatic rings. The summed E-state index contributed by atoms with van der Waals surface area (Å²) in [5, 5.41) is 11.1. The van der Waals surface area contributed by atoms with Crippen molar-refractivity contribution < 1.29 is 29.0 Å². The maximum atomic E-state index is 12.4. The average molecular weight is 360 g/mol. The zero-order chi connectivity index (χ0) is 19.8. The van der Waals surface area contributed by atoms with Crippen molar-refractivity contribution in [2.24, 2.45) is 11.5 Å². The van der Waals surface area contributed by atoms with E-state index in [9.17, 15) is 19.2 Å². The Balaban J connectivity index is 5.37. The predicted molar refractivity (Wildman–Crippen MR) is 89.0 cm³/mol. The molecule has 0 saturated carbocycles. The van der Waals surface area contributed by atoms with Gasteiger partial charge in [-0.3, -0.25) is 14.4 Å². The van der Waals surface area contributed by atoms with Crippen LogP contribution in [0.5, 0.6) is 0 Å². The summed E-state index contributed by atoms with van der Waals surface area (Å²) >= 11 is 0. The molecule has 2 atom stereocenters. The third-order valence-corrected chi connectivity index (χ3v) is 2.94. The van der Waals surface area contributed by atoms with Gasteiger partial charge in [-0.1, -0.05) is 0 Å². The molecule has 0 saturated heterocycles. The number of hydrogen-bond donors (Lipinski definition) is 4. The summed E-state index contributed by atoms with van der Waals surface area (Å²) < 4.78 is 5.14. The first kappa shape index (κ1) is 22.8. The first-order valence-corrected chi connectivity index (χ1v) is 7.89. The van der Waals surface area contributed by atoms with E-state index in [0.29, 0.717) is 4.90 Å². The minimum absolute atomic E-state index is 0.0502. The molecule has 0 aromatic carbocycles. The van der Waals surface area contributed by atoms with Crippen molar-refractivity contribution in [3.63, 3.8) is 0 Å². The first-order valence-electron chi connectivity index (χ1n) is 7.89. The maximum absolute atomic E-state index is 12.4. The molecule has 0 unspecified atom stereocenters. The van der Waals surface area contributed by atoms with Crippen LogP contribution in [0.2, 0.25) is 0 Å². The lowest BCUT2D eigenvalue weighted by Gasteiger charge is -2.31. The van der Waals surface area contributed by atoms with Gasteiger partial charge in [-0.15, -0.1) is 0 Å². The van der Waals surface area contributed by atoms with Crippen LogP contribution in [0.1, 0.15) is 40.5 Å². The van der Waals surface area contributed by atoms with E-state index in [1.807, 2.05) is 0 Å². The number of carbonyl (C=O) groups is 4. The van der Waals surface area contributed by atoms with Gasteiger partial charge in [-0.05, 0) is 34.1 Å². The highest BCUT2D eigenvalue weighted by atomic mass is 16.6. The molecule has 0 heterocycles. The van der Waals surface area contributed by atoms with E-state index in [4.69, 9.17) is 21.3 Å². The molecule has 0 aromatic heterocycles. The minimum Gasteiger partial charge on any atom is -0.443 e. The molecule has 4 amide bonds. The fraction of sp³-hybridized carbons (Fsp3) is 0.733. The summed E-state index contributed by atoms with van der Waals surface area (Å²) in [6.45, 7) is 5.96. The number of carbonyl (C=O) groups excluding carboxylic acids is 4. The fourth-order valence-corrected chi connectivity index (χ4v) is 1.85. The van der Waals surface area contributed by atoms with E-state index in [1.165, 1.54) is 6.92 Å². The number of aliphatic hydroxyl groups excluding tert-OH is 1. The van der Waals surface area contributed by atoms with Gasteiger partial charge in [0.25, 0.3) is 0 Å². The first-order chi connectivity index (χ1) is 11.4. The van der Waals surface area contributed by atoms with Gasteiger partial charge in [-0.2, -0.15) is 0 Å². The molecule has 10 heteroatoms. The van der Waals surface area contributed by atoms with Crippen molar-refractivity contribution in [2.75, 3.05) is 13.2 Å². The number of nitrogens with two attached hydrogens (primary N) is 2. The summed E-state index contributed by atoms with van der Waals surface area (Å²) in [4.78, 5) is 48.6. The average Bonchev–Trinajstić information content (AvgIpc) is 2.46. The largest absolute Gasteiger partial charge is 0.443 e. The standard InChI is InChI=1S/C15H28N4O6/c1-9(16)13(23)19(14(24)25-15(2,3)4)10(12(17)22)5-6-11(21)18-7-8-20/h9-10,20H,5-8,16H2,1-4H3,(H2,17,22)(H,18,21)/t9-,10+/m0/s1. The van der Waals surface area contributed by atoms with E-state index in [0.717, 1.165) is 0 Å². The van der Waals surface area contributed by atoms with Crippen LogP contribution in [0, 0.1) is 0 Å². The Morgan fingerprint density at radius 2 is 1.80 bits per heavy atom. The van der Waals surface area contributed by atoms with Gasteiger partial charge in [0, 0.05) is 13.0 Å². The van der Waals surface area contributed by atoms with Crippen LogP contribution in [0.4, 0.5) is 4.79 Å². The second-order valence-corrected chi connectivity index (χ2v) is 6.51. The fourth-order valence-electron chi connectivity index (χ4n) is 1.85. The molecule has 6 N–H and O–H groups in total. The topological polar surface area (TPSA) is 165 Å². The molecule has 10 nitrogen and oxygen atoms in total. The zero-order valence-electron chi connectivity index (χ0n) is 15.1. The number of hydrogen-bond acceptors (Lipinski definition) is 7. The minimum atomic E-state index is -1.38. The van der Waals surface area contributed by atoms with Crippen LogP contribution >= 0.6 is 0 Å². The number of imide groups is 1. The molecule has 0 fully saturated rings. The molecule has 25 heavy (non-hydrogen) atoms. The molecule has 144 valence electrons. The van der Waals surface area contributed by atoms with Crippen molar-refractivity contribution in [3.05, 3.63) is 0 Å². The Morgan fingerprint density at radius 1 is 1.24 bits per heavy atom. The van der Waals surface area contributed by atoms with Crippen LogP contribution in [0.3, 0.4) is 0 Å². The number of aliphatic hydroxyl groups is 1. The number of ether oxygens (including phenoxy) is 1. The normalized spacial score (nSPS) is 13.5. The lowest BCUT2D eigenvalue weighted by atomic mass is 10.1. The second kappa shape index (κ2) is 9.94. The molecule has 0 rings (SSSR count). The Hall–Kier alpha value is -2.20. The van der Waals surface area contributed by atoms with Gasteiger partial charge in [0.1, 0.15) is 11.6 Å². The second-order valence-electron chi connectivity index (χ2n) is 6.51. The number of nitrogens with zero attached hydrogens (tertiary/aromatic N) is 1. The van der Waals surface area contributed by atoms with Gasteiger partial charge in [-0.25, -0.2) is 9.69 Å². The van der Waals surface area contributed by atoms with Gasteiger partial charge >= 0.3 is 6.09 Å². The summed E-state index contributed by atoms with van der Waals surface area (Å²) in [6.07, 6.45) is -1.43. The maximum Gasteiger partial charge on any atom is 0.417 e. The number of primary amides is 1. The van der Waals surface area contributed by atoms with E-state index in [2.05, 4.69) is 5.32 Å². The van der Waals surface area contributed by atoms with Crippen LogP contribution < -0.4 is 16.8 Å². The smallest absolute Gasteiger partial charge is 0.417 e. The number of nitrogens with one attached hydrogen (secondary N) is 1. The molecular weight excluding hydrogens is 332 g/mol. The quantitative estimate of drug-likeness (QED) is 0.424.